The van der Waals surface area contributed by atoms with E-state index in [9.17, 15) is 5.11 Å². The minimum Gasteiger partial charge on any atom is -0.393 e. The molecule has 2 saturated carbocycles. The van der Waals surface area contributed by atoms with Crippen molar-refractivity contribution < 1.29 is 5.11 Å². The van der Waals surface area contributed by atoms with Gasteiger partial charge in [0, 0.05) is 0 Å². The van der Waals surface area contributed by atoms with Crippen LogP contribution < -0.4 is 0 Å². The first-order chi connectivity index (χ1) is 9.50. The number of aliphatic hydroxyl groups excluding tert-OH is 1. The molecule has 0 saturated heterocycles. The second-order valence-corrected chi connectivity index (χ2v) is 7.77. The Morgan fingerprint density at radius 2 is 1.70 bits per heavy atom. The molecule has 2 fully saturated rings. The topological polar surface area (TPSA) is 20.2 Å². The van der Waals surface area contributed by atoms with E-state index in [0.29, 0.717) is 11.8 Å². The minimum absolute atomic E-state index is 0.0919. The molecule has 1 aromatic carbocycles. The lowest BCUT2D eigenvalue weighted by Crippen LogP contribution is -2.40. The lowest BCUT2D eigenvalue weighted by atomic mass is 9.64. The Labute approximate surface area is 123 Å². The highest BCUT2D eigenvalue weighted by Gasteiger charge is 2.53. The molecule has 0 amide bonds. The molecule has 3 rings (SSSR count). The smallest absolute Gasteiger partial charge is 0.0576 e. The molecule has 1 nitrogen and oxygen atoms in total. The second-order valence-electron chi connectivity index (χ2n) is 7.77. The van der Waals surface area contributed by atoms with Crippen LogP contribution in [0.4, 0.5) is 0 Å². The van der Waals surface area contributed by atoms with Crippen molar-refractivity contribution in [1.82, 2.24) is 0 Å². The van der Waals surface area contributed by atoms with Gasteiger partial charge in [-0.1, -0.05) is 57.5 Å². The number of aliphatic hydroxyl groups is 1. The molecule has 2 aliphatic rings. The van der Waals surface area contributed by atoms with Gasteiger partial charge in [0.2, 0.25) is 0 Å². The molecule has 0 aliphatic heterocycles. The third-order valence-corrected chi connectivity index (χ3v) is 6.01. The maximum atomic E-state index is 10.5. The minimum atomic E-state index is -0.0919. The van der Waals surface area contributed by atoms with Crippen LogP contribution in [0.1, 0.15) is 57.9 Å². The van der Waals surface area contributed by atoms with E-state index in [1.54, 1.807) is 0 Å². The molecule has 20 heavy (non-hydrogen) atoms. The summed E-state index contributed by atoms with van der Waals surface area (Å²) in [5, 5.41) is 10.5. The fourth-order valence-corrected chi connectivity index (χ4v) is 4.58. The van der Waals surface area contributed by atoms with Gasteiger partial charge in [0.1, 0.15) is 0 Å². The predicted octanol–water partition coefficient (Wildman–Crippen LogP) is 4.61. The van der Waals surface area contributed by atoms with E-state index < -0.39 is 0 Å². The van der Waals surface area contributed by atoms with Gasteiger partial charge in [0.25, 0.3) is 0 Å². The Hall–Kier alpha value is -0.820. The monoisotopic (exact) mass is 272 g/mol. The van der Waals surface area contributed by atoms with Crippen molar-refractivity contribution in [3.63, 3.8) is 0 Å². The van der Waals surface area contributed by atoms with E-state index in [-0.39, 0.29) is 11.5 Å². The van der Waals surface area contributed by atoms with Gasteiger partial charge in [-0.15, -0.1) is 0 Å². The summed E-state index contributed by atoms with van der Waals surface area (Å²) in [6, 6.07) is 10.9. The summed E-state index contributed by atoms with van der Waals surface area (Å²) < 4.78 is 0. The van der Waals surface area contributed by atoms with Gasteiger partial charge >= 0.3 is 0 Å². The Bertz CT molecular complexity index is 450. The molecule has 5 unspecified atom stereocenters. The molecule has 0 bridgehead atoms. The van der Waals surface area contributed by atoms with Crippen LogP contribution in [0, 0.1) is 23.2 Å². The highest BCUT2D eigenvalue weighted by Crippen LogP contribution is 2.61. The lowest BCUT2D eigenvalue weighted by Gasteiger charge is -2.42. The van der Waals surface area contributed by atoms with Crippen molar-refractivity contribution in [3.8, 4) is 0 Å². The van der Waals surface area contributed by atoms with Crippen LogP contribution in [0.2, 0.25) is 0 Å². The van der Waals surface area contributed by atoms with Gasteiger partial charge in [-0.05, 0) is 53.9 Å². The summed E-state index contributed by atoms with van der Waals surface area (Å²) in [6.07, 6.45) is 4.69. The molecule has 1 heteroatoms. The summed E-state index contributed by atoms with van der Waals surface area (Å²) in [6.45, 7) is 7.06. The van der Waals surface area contributed by atoms with Crippen molar-refractivity contribution >= 4 is 0 Å². The number of hydrogen-bond acceptors (Lipinski definition) is 1. The highest BCUT2D eigenvalue weighted by molar-refractivity contribution is 5.27. The molecule has 0 radical (unpaired) electrons. The molecule has 0 aromatic heterocycles. The lowest BCUT2D eigenvalue weighted by molar-refractivity contribution is -0.0225. The van der Waals surface area contributed by atoms with Gasteiger partial charge in [0.05, 0.1) is 6.10 Å². The van der Waals surface area contributed by atoms with E-state index >= 15 is 0 Å². The Balaban J connectivity index is 1.71. The zero-order valence-electron chi connectivity index (χ0n) is 13.0. The third kappa shape index (κ3) is 2.53. The SMILES string of the molecule is CC1CCC(C(C)(C)C2CC2c2ccccc2)C(O)C1. The Morgan fingerprint density at radius 1 is 1.00 bits per heavy atom. The van der Waals surface area contributed by atoms with Crippen LogP contribution in [0.25, 0.3) is 0 Å². The Morgan fingerprint density at radius 3 is 2.35 bits per heavy atom. The van der Waals surface area contributed by atoms with Crippen molar-refractivity contribution in [1.29, 1.82) is 0 Å². The van der Waals surface area contributed by atoms with Crippen LogP contribution >= 0.6 is 0 Å². The fraction of sp³-hybridized carbons (Fsp3) is 0.684. The zero-order chi connectivity index (χ0) is 14.3. The van der Waals surface area contributed by atoms with E-state index in [1.165, 1.54) is 24.8 Å². The molecule has 5 atom stereocenters. The summed E-state index contributed by atoms with van der Waals surface area (Å²) >= 11 is 0. The molecule has 0 spiro atoms. The summed E-state index contributed by atoms with van der Waals surface area (Å²) in [4.78, 5) is 0. The summed E-state index contributed by atoms with van der Waals surface area (Å²) in [5.74, 6) is 2.65. The number of hydrogen-bond donors (Lipinski definition) is 1. The van der Waals surface area contributed by atoms with Crippen LogP contribution in [-0.2, 0) is 0 Å². The number of benzene rings is 1. The second kappa shape index (κ2) is 5.18. The molecular formula is C19H28O. The standard InChI is InChI=1S/C19H28O/c1-13-9-10-16(18(20)11-13)19(2,3)17-12-15(17)14-7-5-4-6-8-14/h4-8,13,15-18,20H,9-12H2,1-3H3. The average Bonchev–Trinajstić information content (AvgIpc) is 3.20. The first-order valence-electron chi connectivity index (χ1n) is 8.23. The van der Waals surface area contributed by atoms with Gasteiger partial charge in [-0.3, -0.25) is 0 Å². The van der Waals surface area contributed by atoms with E-state index in [4.69, 9.17) is 0 Å². The number of rotatable bonds is 3. The van der Waals surface area contributed by atoms with Gasteiger partial charge in [0.15, 0.2) is 0 Å². The first kappa shape index (κ1) is 14.1. The van der Waals surface area contributed by atoms with Crippen molar-refractivity contribution in [2.75, 3.05) is 0 Å². The summed E-state index contributed by atoms with van der Waals surface area (Å²) in [7, 11) is 0. The van der Waals surface area contributed by atoms with Crippen LogP contribution in [0.15, 0.2) is 30.3 Å². The first-order valence-corrected chi connectivity index (χ1v) is 8.23. The zero-order valence-corrected chi connectivity index (χ0v) is 13.0. The highest BCUT2D eigenvalue weighted by atomic mass is 16.3. The molecule has 110 valence electrons. The maximum Gasteiger partial charge on any atom is 0.0576 e. The molecule has 0 heterocycles. The third-order valence-electron chi connectivity index (χ3n) is 6.01. The normalized spacial score (nSPS) is 37.7. The maximum absolute atomic E-state index is 10.5. The average molecular weight is 272 g/mol. The van der Waals surface area contributed by atoms with E-state index in [0.717, 1.165) is 18.3 Å². The van der Waals surface area contributed by atoms with Gasteiger partial charge in [-0.2, -0.15) is 0 Å². The van der Waals surface area contributed by atoms with Crippen molar-refractivity contribution in [2.45, 2.75) is 58.5 Å². The Kier molecular flexibility index (Phi) is 3.66. The van der Waals surface area contributed by atoms with E-state index in [1.807, 2.05) is 0 Å². The van der Waals surface area contributed by atoms with Crippen LogP contribution in [0.5, 0.6) is 0 Å². The fourth-order valence-electron chi connectivity index (χ4n) is 4.58. The van der Waals surface area contributed by atoms with Gasteiger partial charge in [-0.25, -0.2) is 0 Å². The van der Waals surface area contributed by atoms with Gasteiger partial charge < -0.3 is 5.11 Å². The van der Waals surface area contributed by atoms with Crippen LogP contribution in [0.3, 0.4) is 0 Å². The largest absolute Gasteiger partial charge is 0.393 e. The van der Waals surface area contributed by atoms with E-state index in [2.05, 4.69) is 51.1 Å². The summed E-state index contributed by atoms with van der Waals surface area (Å²) in [5.41, 5.74) is 1.75. The van der Waals surface area contributed by atoms with Crippen molar-refractivity contribution in [3.05, 3.63) is 35.9 Å². The molecule has 2 aliphatic carbocycles. The predicted molar refractivity (Wildman–Crippen MR) is 83.6 cm³/mol. The quantitative estimate of drug-likeness (QED) is 0.851. The molecule has 1 aromatic rings. The van der Waals surface area contributed by atoms with Crippen molar-refractivity contribution in [2.24, 2.45) is 23.2 Å². The molecular weight excluding hydrogens is 244 g/mol. The molecule has 1 N–H and O–H groups in total. The van der Waals surface area contributed by atoms with Crippen LogP contribution in [-0.4, -0.2) is 11.2 Å².